The predicted octanol–water partition coefficient (Wildman–Crippen LogP) is 6.31. The van der Waals surface area contributed by atoms with E-state index < -0.39 is 17.7 Å². The molecule has 0 radical (unpaired) electrons. The molecule has 1 amide bonds. The smallest absolute Gasteiger partial charge is 0.420 e. The minimum Gasteiger partial charge on any atom is -0.465 e. The van der Waals surface area contributed by atoms with Crippen LogP contribution in [0.4, 0.5) is 16.3 Å². The Morgan fingerprint density at radius 1 is 1.12 bits per heavy atom. The molecule has 7 heteroatoms. The van der Waals surface area contributed by atoms with E-state index in [1.54, 1.807) is 18.3 Å². The van der Waals surface area contributed by atoms with Gasteiger partial charge in [0.2, 0.25) is 0 Å². The van der Waals surface area contributed by atoms with Crippen molar-refractivity contribution in [3.8, 4) is 0 Å². The van der Waals surface area contributed by atoms with Crippen LogP contribution in [-0.4, -0.2) is 34.3 Å². The molecular weight excluding hydrogens is 418 g/mol. The summed E-state index contributed by atoms with van der Waals surface area (Å²) in [5.41, 5.74) is 2.86. The highest BCUT2D eigenvalue weighted by molar-refractivity contribution is 6.05. The molecule has 0 saturated carbocycles. The van der Waals surface area contributed by atoms with Gasteiger partial charge in [-0.25, -0.2) is 19.5 Å². The second-order valence-electron chi connectivity index (χ2n) is 9.20. The van der Waals surface area contributed by atoms with Crippen LogP contribution in [0.3, 0.4) is 0 Å². The zero-order valence-corrected chi connectivity index (χ0v) is 20.6. The van der Waals surface area contributed by atoms with Crippen LogP contribution in [0, 0.1) is 13.8 Å². The van der Waals surface area contributed by atoms with Crippen LogP contribution >= 0.6 is 0 Å². The molecule has 33 heavy (non-hydrogen) atoms. The van der Waals surface area contributed by atoms with Gasteiger partial charge in [0.15, 0.2) is 5.82 Å². The van der Waals surface area contributed by atoms with E-state index in [1.165, 1.54) is 12.0 Å². The Balaban J connectivity index is 2.22. The predicted molar refractivity (Wildman–Crippen MR) is 130 cm³/mol. The number of esters is 1. The number of carbonyl (C=O) groups excluding carboxylic acids is 2. The Hall–Kier alpha value is -3.35. The summed E-state index contributed by atoms with van der Waals surface area (Å²) in [4.78, 5) is 31.8. The number of hydrogen-bond acceptors (Lipinski definition) is 5. The van der Waals surface area contributed by atoms with Crippen LogP contribution in [0.2, 0.25) is 0 Å². The first kappa shape index (κ1) is 24.3. The second kappa shape index (κ2) is 9.65. The molecule has 0 atom stereocenters. The summed E-state index contributed by atoms with van der Waals surface area (Å²) in [7, 11) is 1.35. The van der Waals surface area contributed by atoms with Gasteiger partial charge >= 0.3 is 12.1 Å². The lowest BCUT2D eigenvalue weighted by atomic mass is 10.0. The van der Waals surface area contributed by atoms with E-state index in [4.69, 9.17) is 9.47 Å². The molecule has 0 N–H and O–H groups in total. The van der Waals surface area contributed by atoms with Crippen LogP contribution in [0.25, 0.3) is 10.9 Å². The highest BCUT2D eigenvalue weighted by Gasteiger charge is 2.30. The van der Waals surface area contributed by atoms with Gasteiger partial charge in [-0.1, -0.05) is 13.3 Å². The number of aryl methyl sites for hydroxylation is 3. The van der Waals surface area contributed by atoms with E-state index in [1.807, 2.05) is 52.9 Å². The largest absolute Gasteiger partial charge is 0.465 e. The third-order valence-electron chi connectivity index (χ3n) is 5.35. The van der Waals surface area contributed by atoms with Gasteiger partial charge in [0.05, 0.1) is 23.9 Å². The lowest BCUT2D eigenvalue weighted by molar-refractivity contribution is 0.0591. The summed E-state index contributed by atoms with van der Waals surface area (Å²) < 4.78 is 12.8. The van der Waals surface area contributed by atoms with Crippen molar-refractivity contribution in [3.63, 3.8) is 0 Å². The van der Waals surface area contributed by atoms with E-state index in [0.717, 1.165) is 41.4 Å². The summed E-state index contributed by atoms with van der Waals surface area (Å²) in [6.07, 6.45) is 5.36. The first-order chi connectivity index (χ1) is 15.6. The monoisotopic (exact) mass is 451 g/mol. The molecule has 1 aromatic carbocycles. The van der Waals surface area contributed by atoms with Crippen molar-refractivity contribution >= 4 is 34.5 Å². The first-order valence-corrected chi connectivity index (χ1v) is 11.2. The van der Waals surface area contributed by atoms with Crippen molar-refractivity contribution in [1.29, 1.82) is 0 Å². The van der Waals surface area contributed by atoms with Crippen molar-refractivity contribution in [1.82, 2.24) is 9.55 Å². The third-order valence-corrected chi connectivity index (χ3v) is 5.35. The Kier molecular flexibility index (Phi) is 7.10. The minimum absolute atomic E-state index is 0.426. The normalized spacial score (nSPS) is 11.5. The van der Waals surface area contributed by atoms with E-state index in [-0.39, 0.29) is 0 Å². The number of fused-ring (bicyclic) bond motifs is 1. The average Bonchev–Trinajstić information content (AvgIpc) is 3.16. The van der Waals surface area contributed by atoms with Gasteiger partial charge in [0.1, 0.15) is 5.60 Å². The molecule has 0 bridgehead atoms. The quantitative estimate of drug-likeness (QED) is 0.410. The van der Waals surface area contributed by atoms with Gasteiger partial charge in [0.25, 0.3) is 0 Å². The first-order valence-electron chi connectivity index (χ1n) is 11.2. The number of unbranched alkanes of at least 4 members (excludes halogenated alkanes) is 1. The second-order valence-corrected chi connectivity index (χ2v) is 9.20. The standard InChI is InChI=1S/C26H33N3O4/c1-8-9-13-28-14-11-20-21(28)10-12-27-23(20)29(25(31)33-26(4,5)6)22-17(2)15-19(16-18(22)3)24(30)32-7/h10-12,14-16H,8-9,13H2,1-7H3. The van der Waals surface area contributed by atoms with Gasteiger partial charge in [-0.3, -0.25) is 0 Å². The number of anilines is 2. The minimum atomic E-state index is -0.690. The molecule has 7 nitrogen and oxygen atoms in total. The number of hydrogen-bond donors (Lipinski definition) is 0. The van der Waals surface area contributed by atoms with Crippen LogP contribution in [0.5, 0.6) is 0 Å². The van der Waals surface area contributed by atoms with E-state index in [2.05, 4.69) is 16.5 Å². The molecule has 0 spiro atoms. The Morgan fingerprint density at radius 3 is 2.36 bits per heavy atom. The Labute approximate surface area is 195 Å². The number of rotatable bonds is 6. The third kappa shape index (κ3) is 5.18. The molecule has 2 aromatic heterocycles. The summed E-state index contributed by atoms with van der Waals surface area (Å²) in [6.45, 7) is 12.3. The molecule has 176 valence electrons. The number of carbonyl (C=O) groups is 2. The molecular formula is C26H33N3O4. The zero-order valence-electron chi connectivity index (χ0n) is 20.6. The van der Waals surface area contributed by atoms with E-state index in [0.29, 0.717) is 17.1 Å². The van der Waals surface area contributed by atoms with E-state index in [9.17, 15) is 9.59 Å². The molecule has 0 unspecified atom stereocenters. The lowest BCUT2D eigenvalue weighted by Gasteiger charge is -2.29. The molecule has 2 heterocycles. The Morgan fingerprint density at radius 2 is 1.79 bits per heavy atom. The summed E-state index contributed by atoms with van der Waals surface area (Å²) in [5.74, 6) is 0.0683. The van der Waals surface area contributed by atoms with Crippen molar-refractivity contribution < 1.29 is 19.1 Å². The molecule has 0 saturated heterocycles. The lowest BCUT2D eigenvalue weighted by Crippen LogP contribution is -2.35. The average molecular weight is 452 g/mol. The zero-order chi connectivity index (χ0) is 24.3. The number of amides is 1. The van der Waals surface area contributed by atoms with Crippen LogP contribution in [-0.2, 0) is 16.0 Å². The van der Waals surface area contributed by atoms with Crippen LogP contribution in [0.15, 0.2) is 36.7 Å². The Bertz CT molecular complexity index is 1150. The van der Waals surface area contributed by atoms with E-state index >= 15 is 0 Å². The fourth-order valence-corrected chi connectivity index (χ4v) is 3.94. The SMILES string of the molecule is CCCCn1ccc2c(N(C(=O)OC(C)(C)C)c3c(C)cc(C(=O)OC)cc3C)nccc21. The van der Waals surface area contributed by atoms with Gasteiger partial charge in [0, 0.05) is 24.3 Å². The van der Waals surface area contributed by atoms with Gasteiger partial charge < -0.3 is 14.0 Å². The number of ether oxygens (including phenoxy) is 2. The molecule has 0 aliphatic rings. The van der Waals surface area contributed by atoms with Gasteiger partial charge in [-0.15, -0.1) is 0 Å². The van der Waals surface area contributed by atoms with Crippen LogP contribution < -0.4 is 4.90 Å². The summed E-state index contributed by atoms with van der Waals surface area (Å²) in [5, 5.41) is 0.857. The maximum Gasteiger partial charge on any atom is 0.420 e. The summed E-state index contributed by atoms with van der Waals surface area (Å²) >= 11 is 0. The number of pyridine rings is 1. The summed E-state index contributed by atoms with van der Waals surface area (Å²) in [6, 6.07) is 7.39. The number of benzene rings is 1. The molecule has 3 aromatic rings. The maximum atomic E-state index is 13.5. The van der Waals surface area contributed by atoms with Crippen molar-refractivity contribution in [2.75, 3.05) is 12.0 Å². The highest BCUT2D eigenvalue weighted by atomic mass is 16.6. The van der Waals surface area contributed by atoms with Gasteiger partial charge in [-0.2, -0.15) is 0 Å². The van der Waals surface area contributed by atoms with Gasteiger partial charge in [-0.05, 0) is 76.4 Å². The topological polar surface area (TPSA) is 73.7 Å². The van der Waals surface area contributed by atoms with Crippen molar-refractivity contribution in [3.05, 3.63) is 53.3 Å². The number of aromatic nitrogens is 2. The maximum absolute atomic E-state index is 13.5. The highest BCUT2D eigenvalue weighted by Crippen LogP contribution is 2.37. The fourth-order valence-electron chi connectivity index (χ4n) is 3.94. The molecule has 0 aliphatic heterocycles. The number of nitrogens with zero attached hydrogens (tertiary/aromatic N) is 3. The fraction of sp³-hybridized carbons (Fsp3) is 0.423. The van der Waals surface area contributed by atoms with Crippen LogP contribution in [0.1, 0.15) is 62.0 Å². The number of methoxy groups -OCH3 is 1. The molecule has 3 rings (SSSR count). The van der Waals surface area contributed by atoms with Crippen molar-refractivity contribution in [2.45, 2.75) is 66.5 Å². The molecule has 0 aliphatic carbocycles. The van der Waals surface area contributed by atoms with Crippen molar-refractivity contribution in [2.24, 2.45) is 0 Å². The molecule has 0 fully saturated rings.